The van der Waals surface area contributed by atoms with Gasteiger partial charge in [-0.25, -0.2) is 0 Å². The predicted molar refractivity (Wildman–Crippen MR) is 196 cm³/mol. The van der Waals surface area contributed by atoms with E-state index in [1.165, 1.54) is 93.1 Å². The van der Waals surface area contributed by atoms with Crippen LogP contribution in [-0.2, 0) is 0 Å². The summed E-state index contributed by atoms with van der Waals surface area (Å²) in [6, 6.07) is 59.7. The Bertz CT molecular complexity index is 2800. The summed E-state index contributed by atoms with van der Waals surface area (Å²) in [5.74, 6) is 0. The van der Waals surface area contributed by atoms with Gasteiger partial charge in [0.2, 0.25) is 0 Å². The van der Waals surface area contributed by atoms with Crippen molar-refractivity contribution in [1.29, 1.82) is 0 Å². The first-order chi connectivity index (χ1) is 22.8. The minimum atomic E-state index is 1.17. The van der Waals surface area contributed by atoms with E-state index in [1.807, 2.05) is 0 Å². The fourth-order valence-electron chi connectivity index (χ4n) is 7.72. The number of para-hydroxylation sites is 3. The molecule has 1 N–H and O–H groups in total. The van der Waals surface area contributed by atoms with Gasteiger partial charge in [-0.15, -0.1) is 0 Å². The van der Waals surface area contributed by atoms with E-state index in [1.54, 1.807) is 0 Å². The third kappa shape index (κ3) is 3.59. The molecule has 2 aromatic heterocycles. The van der Waals surface area contributed by atoms with Crippen LogP contribution in [0.5, 0.6) is 0 Å². The lowest BCUT2D eigenvalue weighted by atomic mass is 9.91. The van der Waals surface area contributed by atoms with Crippen LogP contribution in [0, 0.1) is 0 Å². The van der Waals surface area contributed by atoms with Gasteiger partial charge in [-0.3, -0.25) is 0 Å². The SMILES string of the molecule is c1ccc(-n2c3ccccc3c3cc(-c4cccc(-c5cc6[nH]c7ccccc7c6c6ccccc56)c4)c4ccccc4c32)cc1. The van der Waals surface area contributed by atoms with Crippen LogP contribution in [0.2, 0.25) is 0 Å². The van der Waals surface area contributed by atoms with E-state index in [9.17, 15) is 0 Å². The molecule has 2 nitrogen and oxygen atoms in total. The van der Waals surface area contributed by atoms with Crippen LogP contribution in [-0.4, -0.2) is 9.55 Å². The zero-order valence-corrected chi connectivity index (χ0v) is 25.0. The smallest absolute Gasteiger partial charge is 0.0619 e. The molecule has 0 aliphatic rings. The quantitative estimate of drug-likeness (QED) is 0.213. The summed E-state index contributed by atoms with van der Waals surface area (Å²) in [5.41, 5.74) is 10.9. The van der Waals surface area contributed by atoms with Crippen molar-refractivity contribution in [3.63, 3.8) is 0 Å². The molecule has 0 fully saturated rings. The van der Waals surface area contributed by atoms with Crippen molar-refractivity contribution < 1.29 is 0 Å². The zero-order chi connectivity index (χ0) is 30.2. The molecule has 8 aromatic carbocycles. The van der Waals surface area contributed by atoms with Gasteiger partial charge < -0.3 is 9.55 Å². The lowest BCUT2D eigenvalue weighted by Gasteiger charge is -2.14. The number of aromatic nitrogens is 2. The Balaban J connectivity index is 1.25. The van der Waals surface area contributed by atoms with Crippen molar-refractivity contribution in [3.05, 3.63) is 164 Å². The van der Waals surface area contributed by atoms with Gasteiger partial charge in [0.05, 0.1) is 11.0 Å². The molecule has 2 heterocycles. The summed E-state index contributed by atoms with van der Waals surface area (Å²) in [6.45, 7) is 0. The molecule has 0 saturated heterocycles. The van der Waals surface area contributed by atoms with Gasteiger partial charge in [0.15, 0.2) is 0 Å². The summed E-state index contributed by atoms with van der Waals surface area (Å²) < 4.78 is 2.43. The molecule has 0 aliphatic heterocycles. The maximum Gasteiger partial charge on any atom is 0.0619 e. The number of benzene rings is 8. The third-order valence-corrected chi connectivity index (χ3v) is 9.68. The molecule has 0 amide bonds. The monoisotopic (exact) mass is 584 g/mol. The molecular weight excluding hydrogens is 556 g/mol. The van der Waals surface area contributed by atoms with E-state index in [4.69, 9.17) is 0 Å². The Hall–Kier alpha value is -6.12. The van der Waals surface area contributed by atoms with Crippen LogP contribution in [0.15, 0.2) is 164 Å². The molecule has 0 radical (unpaired) electrons. The van der Waals surface area contributed by atoms with E-state index in [2.05, 4.69) is 173 Å². The molecule has 214 valence electrons. The van der Waals surface area contributed by atoms with Gasteiger partial charge >= 0.3 is 0 Å². The number of nitrogens with zero attached hydrogens (tertiary/aromatic N) is 1. The summed E-state index contributed by atoms with van der Waals surface area (Å²) in [5, 5.41) is 10.1. The summed E-state index contributed by atoms with van der Waals surface area (Å²) in [4.78, 5) is 3.70. The molecule has 0 unspecified atom stereocenters. The summed E-state index contributed by atoms with van der Waals surface area (Å²) >= 11 is 0. The van der Waals surface area contributed by atoms with E-state index >= 15 is 0 Å². The third-order valence-electron chi connectivity index (χ3n) is 9.68. The second kappa shape index (κ2) is 9.69. The van der Waals surface area contributed by atoms with Crippen molar-refractivity contribution in [2.45, 2.75) is 0 Å². The molecule has 2 heteroatoms. The predicted octanol–water partition coefficient (Wildman–Crippen LogP) is 12.1. The molecule has 0 atom stereocenters. The first-order valence-corrected chi connectivity index (χ1v) is 15.9. The molecule has 0 bridgehead atoms. The first kappa shape index (κ1) is 25.2. The van der Waals surface area contributed by atoms with Crippen molar-refractivity contribution in [1.82, 2.24) is 9.55 Å². The highest BCUT2D eigenvalue weighted by atomic mass is 15.0. The average molecular weight is 585 g/mol. The van der Waals surface area contributed by atoms with Crippen LogP contribution < -0.4 is 0 Å². The molecule has 46 heavy (non-hydrogen) atoms. The van der Waals surface area contributed by atoms with E-state index in [0.717, 1.165) is 0 Å². The highest BCUT2D eigenvalue weighted by molar-refractivity contribution is 6.24. The highest BCUT2D eigenvalue weighted by Gasteiger charge is 2.19. The highest BCUT2D eigenvalue weighted by Crippen LogP contribution is 2.43. The number of aromatic amines is 1. The minimum Gasteiger partial charge on any atom is -0.354 e. The Labute approximate surface area is 265 Å². The fourth-order valence-corrected chi connectivity index (χ4v) is 7.72. The van der Waals surface area contributed by atoms with Crippen LogP contribution in [0.1, 0.15) is 0 Å². The molecule has 10 aromatic rings. The Morgan fingerprint density at radius 1 is 0.370 bits per heavy atom. The zero-order valence-electron chi connectivity index (χ0n) is 25.0. The van der Waals surface area contributed by atoms with Gasteiger partial charge in [-0.1, -0.05) is 121 Å². The Morgan fingerprint density at radius 3 is 1.74 bits per heavy atom. The van der Waals surface area contributed by atoms with Crippen LogP contribution in [0.4, 0.5) is 0 Å². The Morgan fingerprint density at radius 2 is 0.957 bits per heavy atom. The summed E-state index contributed by atoms with van der Waals surface area (Å²) in [6.07, 6.45) is 0. The van der Waals surface area contributed by atoms with Gasteiger partial charge in [0.1, 0.15) is 0 Å². The lowest BCUT2D eigenvalue weighted by molar-refractivity contribution is 1.19. The maximum absolute atomic E-state index is 3.70. The number of rotatable bonds is 3. The molecule has 0 spiro atoms. The maximum atomic E-state index is 3.70. The molecule has 0 aliphatic carbocycles. The van der Waals surface area contributed by atoms with Gasteiger partial charge in [-0.2, -0.15) is 0 Å². The summed E-state index contributed by atoms with van der Waals surface area (Å²) in [7, 11) is 0. The van der Waals surface area contributed by atoms with E-state index in [0.29, 0.717) is 0 Å². The van der Waals surface area contributed by atoms with Gasteiger partial charge in [0, 0.05) is 43.7 Å². The van der Waals surface area contributed by atoms with Crippen molar-refractivity contribution in [2.24, 2.45) is 0 Å². The number of hydrogen-bond acceptors (Lipinski definition) is 0. The molecule has 0 saturated carbocycles. The van der Waals surface area contributed by atoms with Gasteiger partial charge in [0.25, 0.3) is 0 Å². The second-order valence-electron chi connectivity index (χ2n) is 12.2. The minimum absolute atomic E-state index is 1.17. The first-order valence-electron chi connectivity index (χ1n) is 15.9. The van der Waals surface area contributed by atoms with Crippen LogP contribution in [0.25, 0.3) is 93.1 Å². The standard InChI is InChI=1S/C44H28N2/c1-2-15-30(16-3-1)46-42-24-11-9-19-33(42)39-26-37(32-18-5-7-21-35(32)44(39)46)28-13-12-14-29(25-28)38-27-41-43(34-20-6-4-17-31(34)38)36-22-8-10-23-40(36)45-41/h1-27,45H. The normalized spacial score (nSPS) is 11.9. The van der Waals surface area contributed by atoms with E-state index < -0.39 is 0 Å². The number of nitrogens with one attached hydrogen (secondary N) is 1. The molecular formula is C44H28N2. The fraction of sp³-hybridized carbons (Fsp3) is 0. The van der Waals surface area contributed by atoms with Crippen molar-refractivity contribution in [2.75, 3.05) is 0 Å². The van der Waals surface area contributed by atoms with Crippen molar-refractivity contribution in [3.8, 4) is 27.9 Å². The topological polar surface area (TPSA) is 20.7 Å². The van der Waals surface area contributed by atoms with Gasteiger partial charge in [-0.05, 0) is 80.9 Å². The van der Waals surface area contributed by atoms with E-state index in [-0.39, 0.29) is 0 Å². The van der Waals surface area contributed by atoms with Crippen molar-refractivity contribution >= 4 is 65.2 Å². The number of hydrogen-bond donors (Lipinski definition) is 1. The lowest BCUT2D eigenvalue weighted by Crippen LogP contribution is -1.94. The van der Waals surface area contributed by atoms with Crippen LogP contribution >= 0.6 is 0 Å². The average Bonchev–Trinajstić information content (AvgIpc) is 3.67. The Kier molecular flexibility index (Phi) is 5.31. The van der Waals surface area contributed by atoms with Crippen LogP contribution in [0.3, 0.4) is 0 Å². The second-order valence-corrected chi connectivity index (χ2v) is 12.2. The number of H-pyrrole nitrogens is 1. The number of fused-ring (bicyclic) bond motifs is 10. The largest absolute Gasteiger partial charge is 0.354 e. The molecule has 10 rings (SSSR count).